The number of piperazine rings is 1. The monoisotopic (exact) mass is 457 g/mol. The van der Waals surface area contributed by atoms with Gasteiger partial charge in [0.05, 0.1) is 12.2 Å². The average Bonchev–Trinajstić information content (AvgIpc) is 3.24. The van der Waals surface area contributed by atoms with Crippen molar-refractivity contribution >= 4 is 34.4 Å². The fraction of sp³-hybridized carbons (Fsp3) is 0.273. The molecule has 1 fully saturated rings. The smallest absolute Gasteiger partial charge is 0.286 e. The molecule has 2 aromatic carbocycles. The van der Waals surface area contributed by atoms with Gasteiger partial charge in [-0.1, -0.05) is 11.3 Å². The summed E-state index contributed by atoms with van der Waals surface area (Å²) in [6, 6.07) is 10.1. The van der Waals surface area contributed by atoms with Gasteiger partial charge >= 0.3 is 0 Å². The van der Waals surface area contributed by atoms with Gasteiger partial charge in [0.15, 0.2) is 5.78 Å². The largest absolute Gasteiger partial charge is 0.367 e. The van der Waals surface area contributed by atoms with Crippen LogP contribution < -0.4 is 10.2 Å². The van der Waals surface area contributed by atoms with Gasteiger partial charge in [0.2, 0.25) is 5.01 Å². The van der Waals surface area contributed by atoms with Gasteiger partial charge in [0.1, 0.15) is 16.6 Å². The maximum absolute atomic E-state index is 14.4. The first kappa shape index (κ1) is 22.0. The Kier molecular flexibility index (Phi) is 6.52. The topological polar surface area (TPSA) is 78.4 Å². The predicted octanol–water partition coefficient (Wildman–Crippen LogP) is 3.59. The number of nitrogens with one attached hydrogen (secondary N) is 1. The van der Waals surface area contributed by atoms with Crippen molar-refractivity contribution in [1.82, 2.24) is 15.1 Å². The lowest BCUT2D eigenvalue weighted by Gasteiger charge is -2.35. The third-order valence-corrected chi connectivity index (χ3v) is 6.10. The van der Waals surface area contributed by atoms with Crippen LogP contribution in [0, 0.1) is 11.6 Å². The highest BCUT2D eigenvalue weighted by Crippen LogP contribution is 2.23. The summed E-state index contributed by atoms with van der Waals surface area (Å²) >= 11 is 1.21. The van der Waals surface area contributed by atoms with Crippen molar-refractivity contribution in [1.29, 1.82) is 0 Å². The molecule has 1 aromatic heterocycles. The first-order valence-electron chi connectivity index (χ1n) is 10.1. The van der Waals surface area contributed by atoms with Gasteiger partial charge in [0, 0.05) is 37.4 Å². The van der Waals surface area contributed by atoms with Crippen LogP contribution >= 0.6 is 11.3 Å². The molecule has 1 aliphatic heterocycles. The summed E-state index contributed by atoms with van der Waals surface area (Å²) in [5.74, 6) is -1.33. The molecular formula is C22H21F2N5O2S. The second-order valence-electron chi connectivity index (χ2n) is 7.45. The van der Waals surface area contributed by atoms with E-state index in [0.29, 0.717) is 54.7 Å². The predicted molar refractivity (Wildman–Crippen MR) is 118 cm³/mol. The molecule has 1 saturated heterocycles. The number of ketones is 1. The number of nitrogens with zero attached hydrogens (tertiary/aromatic N) is 4. The molecule has 0 radical (unpaired) electrons. The van der Waals surface area contributed by atoms with Crippen LogP contribution in [-0.2, 0) is 6.54 Å². The molecule has 10 heteroatoms. The van der Waals surface area contributed by atoms with Crippen molar-refractivity contribution in [3.63, 3.8) is 0 Å². The Balaban J connectivity index is 1.31. The summed E-state index contributed by atoms with van der Waals surface area (Å²) in [4.78, 5) is 27.9. The van der Waals surface area contributed by atoms with E-state index >= 15 is 0 Å². The van der Waals surface area contributed by atoms with Gasteiger partial charge in [-0.3, -0.25) is 14.5 Å². The highest BCUT2D eigenvalue weighted by atomic mass is 32.1. The summed E-state index contributed by atoms with van der Waals surface area (Å²) in [6.07, 6.45) is 0. The fourth-order valence-corrected chi connectivity index (χ4v) is 4.22. The molecule has 1 amide bonds. The molecule has 0 saturated carbocycles. The zero-order chi connectivity index (χ0) is 22.7. The molecule has 3 aromatic rings. The maximum atomic E-state index is 14.4. The molecule has 0 aliphatic carbocycles. The Bertz CT molecular complexity index is 1130. The highest BCUT2D eigenvalue weighted by Gasteiger charge is 2.22. The molecule has 0 bridgehead atoms. The molecule has 7 nitrogen and oxygen atoms in total. The van der Waals surface area contributed by atoms with Gasteiger partial charge in [-0.25, -0.2) is 8.78 Å². The third-order valence-electron chi connectivity index (χ3n) is 5.19. The molecule has 0 unspecified atom stereocenters. The number of rotatable bonds is 6. The zero-order valence-electron chi connectivity index (χ0n) is 17.3. The third kappa shape index (κ3) is 5.14. The van der Waals surface area contributed by atoms with Gasteiger partial charge in [-0.15, -0.1) is 10.2 Å². The molecule has 4 rings (SSSR count). The van der Waals surface area contributed by atoms with Crippen LogP contribution in [0.1, 0.15) is 32.1 Å². The summed E-state index contributed by atoms with van der Waals surface area (Å²) in [7, 11) is 0. The van der Waals surface area contributed by atoms with Crippen molar-refractivity contribution in [2.24, 2.45) is 0 Å². The van der Waals surface area contributed by atoms with E-state index in [-0.39, 0.29) is 16.6 Å². The van der Waals surface area contributed by atoms with Gasteiger partial charge in [0.25, 0.3) is 5.91 Å². The van der Waals surface area contributed by atoms with Crippen molar-refractivity contribution in [3.8, 4) is 0 Å². The van der Waals surface area contributed by atoms with Crippen molar-refractivity contribution < 1.29 is 18.4 Å². The van der Waals surface area contributed by atoms with Gasteiger partial charge in [-0.2, -0.15) is 0 Å². The van der Waals surface area contributed by atoms with E-state index in [4.69, 9.17) is 0 Å². The highest BCUT2D eigenvalue weighted by molar-refractivity contribution is 7.13. The summed E-state index contributed by atoms with van der Waals surface area (Å²) in [6.45, 7) is 4.62. The molecular weight excluding hydrogens is 436 g/mol. The Hall–Kier alpha value is -3.24. The number of benzene rings is 2. The van der Waals surface area contributed by atoms with Crippen LogP contribution in [0.15, 0.2) is 42.5 Å². The fourth-order valence-electron chi connectivity index (χ4n) is 3.45. The number of hydrogen-bond acceptors (Lipinski definition) is 7. The molecule has 2 heterocycles. The van der Waals surface area contributed by atoms with E-state index in [0.717, 1.165) is 0 Å². The number of Topliss-reactive ketones (excluding diaryl/α,β-unsaturated/α-hetero) is 1. The number of carbonyl (C=O) groups is 2. The van der Waals surface area contributed by atoms with Crippen LogP contribution in [0.2, 0.25) is 0 Å². The van der Waals surface area contributed by atoms with E-state index in [1.165, 1.54) is 48.6 Å². The van der Waals surface area contributed by atoms with Gasteiger partial charge in [-0.05, 0) is 49.4 Å². The number of halogens is 2. The number of aromatic nitrogens is 2. The molecule has 0 atom stereocenters. The lowest BCUT2D eigenvalue weighted by atomic mass is 10.1. The number of anilines is 2. The minimum absolute atomic E-state index is 0.164. The quantitative estimate of drug-likeness (QED) is 0.570. The zero-order valence-corrected chi connectivity index (χ0v) is 18.2. The van der Waals surface area contributed by atoms with E-state index in [9.17, 15) is 18.4 Å². The standard InChI is InChI=1S/C22H21F2N5O2S/c1-14(30)15-2-7-19(18(24)12-15)29-10-8-28(9-11-29)13-20-26-27-22(32-20)21(31)25-17-5-3-16(23)4-6-17/h2-7,12H,8-11,13H2,1H3,(H,25,31). The van der Waals surface area contributed by atoms with Crippen LogP contribution in [0.25, 0.3) is 0 Å². The SMILES string of the molecule is CC(=O)c1ccc(N2CCN(Cc3nnc(C(=O)Nc4ccc(F)cc4)s3)CC2)c(F)c1. The summed E-state index contributed by atoms with van der Waals surface area (Å²) in [5, 5.41) is 11.7. The Morgan fingerprint density at radius 3 is 2.41 bits per heavy atom. The van der Waals surface area contributed by atoms with Crippen molar-refractivity contribution in [2.45, 2.75) is 13.5 Å². The molecule has 32 heavy (non-hydrogen) atoms. The van der Waals surface area contributed by atoms with Crippen molar-refractivity contribution in [2.75, 3.05) is 36.4 Å². The lowest BCUT2D eigenvalue weighted by molar-refractivity contribution is 0.101. The Morgan fingerprint density at radius 2 is 1.75 bits per heavy atom. The molecule has 1 N–H and O–H groups in total. The van der Waals surface area contributed by atoms with E-state index in [1.807, 2.05) is 4.90 Å². The number of carbonyl (C=O) groups excluding carboxylic acids is 2. The average molecular weight is 458 g/mol. The minimum Gasteiger partial charge on any atom is -0.367 e. The van der Waals surface area contributed by atoms with Crippen LogP contribution in [0.4, 0.5) is 20.2 Å². The van der Waals surface area contributed by atoms with Gasteiger partial charge < -0.3 is 10.2 Å². The summed E-state index contributed by atoms with van der Waals surface area (Å²) < 4.78 is 27.4. The van der Waals surface area contributed by atoms with Crippen LogP contribution in [0.3, 0.4) is 0 Å². The lowest BCUT2D eigenvalue weighted by Crippen LogP contribution is -2.46. The first-order chi connectivity index (χ1) is 15.4. The number of amides is 1. The second-order valence-corrected chi connectivity index (χ2v) is 8.51. The van der Waals surface area contributed by atoms with E-state index in [2.05, 4.69) is 20.4 Å². The van der Waals surface area contributed by atoms with Crippen molar-refractivity contribution in [3.05, 3.63) is 69.7 Å². The Morgan fingerprint density at radius 1 is 1.03 bits per heavy atom. The minimum atomic E-state index is -0.396. The molecule has 166 valence electrons. The van der Waals surface area contributed by atoms with Crippen LogP contribution in [-0.4, -0.2) is 53.0 Å². The first-order valence-corrected chi connectivity index (χ1v) is 10.9. The number of hydrogen-bond donors (Lipinski definition) is 1. The molecule has 0 spiro atoms. The normalized spacial score (nSPS) is 14.4. The van der Waals surface area contributed by atoms with E-state index < -0.39 is 11.7 Å². The second kappa shape index (κ2) is 9.49. The molecule has 1 aliphatic rings. The Labute approximate surface area is 187 Å². The summed E-state index contributed by atoms with van der Waals surface area (Å²) in [5.41, 5.74) is 1.33. The van der Waals surface area contributed by atoms with E-state index in [1.54, 1.807) is 12.1 Å². The maximum Gasteiger partial charge on any atom is 0.286 e. The van der Waals surface area contributed by atoms with Crippen LogP contribution in [0.5, 0.6) is 0 Å².